The highest BCUT2D eigenvalue weighted by Gasteiger charge is 2.23. The summed E-state index contributed by atoms with van der Waals surface area (Å²) in [7, 11) is 0. The molecule has 0 unspecified atom stereocenters. The Balaban J connectivity index is 1.37. The van der Waals surface area contributed by atoms with Gasteiger partial charge in [0.25, 0.3) is 0 Å². The Kier molecular flexibility index (Phi) is 12.3. The average molecular weight is 497 g/mol. The van der Waals surface area contributed by atoms with Crippen molar-refractivity contribution in [3.63, 3.8) is 0 Å². The third kappa shape index (κ3) is 9.59. The molecule has 0 spiro atoms. The van der Waals surface area contributed by atoms with Gasteiger partial charge in [-0.05, 0) is 48.7 Å². The number of ether oxygens (including phenoxy) is 4. The molecular weight excluding hydrogens is 452 g/mol. The summed E-state index contributed by atoms with van der Waals surface area (Å²) in [5.74, 6) is 1.85. The molecule has 1 fully saturated rings. The molecule has 1 saturated heterocycles. The van der Waals surface area contributed by atoms with E-state index in [2.05, 4.69) is 20.8 Å². The molecular formula is C31H44O5. The van der Waals surface area contributed by atoms with Crippen LogP contribution in [0.3, 0.4) is 0 Å². The molecule has 36 heavy (non-hydrogen) atoms. The predicted molar refractivity (Wildman–Crippen MR) is 144 cm³/mol. The van der Waals surface area contributed by atoms with Gasteiger partial charge in [-0.3, -0.25) is 0 Å². The lowest BCUT2D eigenvalue weighted by molar-refractivity contribution is -0.206. The lowest BCUT2D eigenvalue weighted by Crippen LogP contribution is -2.27. The fourth-order valence-corrected chi connectivity index (χ4v) is 4.19. The first-order chi connectivity index (χ1) is 17.6. The second-order valence-corrected chi connectivity index (χ2v) is 10.1. The molecule has 0 N–H and O–H groups in total. The summed E-state index contributed by atoms with van der Waals surface area (Å²) in [6, 6.07) is 14.4. The Bertz CT molecular complexity index is 869. The van der Waals surface area contributed by atoms with E-state index < -0.39 is 5.97 Å². The van der Waals surface area contributed by atoms with Crippen LogP contribution in [0.1, 0.15) is 101 Å². The van der Waals surface area contributed by atoms with Gasteiger partial charge >= 0.3 is 5.97 Å². The van der Waals surface area contributed by atoms with E-state index in [1.54, 1.807) is 24.3 Å². The van der Waals surface area contributed by atoms with Gasteiger partial charge in [0.1, 0.15) is 11.5 Å². The van der Waals surface area contributed by atoms with E-state index in [9.17, 15) is 4.79 Å². The Labute approximate surface area is 217 Å². The minimum atomic E-state index is -0.393. The molecule has 5 heteroatoms. The van der Waals surface area contributed by atoms with Crippen LogP contribution in [0.4, 0.5) is 0 Å². The number of benzene rings is 2. The van der Waals surface area contributed by atoms with E-state index in [0.717, 1.165) is 37.4 Å². The molecule has 5 nitrogen and oxygen atoms in total. The number of esters is 1. The van der Waals surface area contributed by atoms with Gasteiger partial charge in [-0.2, -0.15) is 0 Å². The van der Waals surface area contributed by atoms with Gasteiger partial charge in [0.15, 0.2) is 6.29 Å². The van der Waals surface area contributed by atoms with E-state index >= 15 is 0 Å². The van der Waals surface area contributed by atoms with E-state index in [4.69, 9.17) is 18.9 Å². The van der Waals surface area contributed by atoms with Crippen molar-refractivity contribution in [3.05, 3.63) is 59.7 Å². The SMILES string of the molecule is CCCCCCCCCC1COC(c2ccc(C(=O)Oc3ccc(OC[C@@H](C)CC)cc3)cc2)OC1. The fraction of sp³-hybridized carbons (Fsp3) is 0.581. The number of rotatable bonds is 15. The van der Waals surface area contributed by atoms with Gasteiger partial charge in [-0.25, -0.2) is 4.79 Å². The second kappa shape index (κ2) is 15.7. The van der Waals surface area contributed by atoms with Gasteiger partial charge in [-0.1, -0.05) is 84.3 Å². The Morgan fingerprint density at radius 1 is 0.861 bits per heavy atom. The highest BCUT2D eigenvalue weighted by molar-refractivity contribution is 5.91. The summed E-state index contributed by atoms with van der Waals surface area (Å²) >= 11 is 0. The van der Waals surface area contributed by atoms with Crippen molar-refractivity contribution in [1.82, 2.24) is 0 Å². The first-order valence-corrected chi connectivity index (χ1v) is 13.9. The maximum absolute atomic E-state index is 12.6. The molecule has 1 heterocycles. The minimum Gasteiger partial charge on any atom is -0.493 e. The number of unbranched alkanes of at least 4 members (excludes halogenated alkanes) is 6. The standard InChI is InChI=1S/C31H44O5/c1-4-6-7-8-9-10-11-12-25-22-34-31(35-23-25)27-15-13-26(14-16-27)30(32)36-29-19-17-28(18-20-29)33-21-24(3)5-2/h13-20,24-25,31H,4-12,21-23H2,1-3H3/t24-,25?,31?/m0/s1. The van der Waals surface area contributed by atoms with E-state index in [1.165, 1.54) is 44.9 Å². The highest BCUT2D eigenvalue weighted by Crippen LogP contribution is 2.28. The summed E-state index contributed by atoms with van der Waals surface area (Å²) in [6.07, 6.45) is 11.1. The predicted octanol–water partition coefficient (Wildman–Crippen LogP) is 8.13. The maximum atomic E-state index is 12.6. The first-order valence-electron chi connectivity index (χ1n) is 13.9. The quantitative estimate of drug-likeness (QED) is 0.141. The zero-order valence-corrected chi connectivity index (χ0v) is 22.4. The molecule has 0 aliphatic carbocycles. The van der Waals surface area contributed by atoms with Crippen LogP contribution in [-0.2, 0) is 9.47 Å². The number of carbonyl (C=O) groups is 1. The van der Waals surface area contributed by atoms with Gasteiger partial charge in [-0.15, -0.1) is 0 Å². The summed E-state index contributed by atoms with van der Waals surface area (Å²) in [5.41, 5.74) is 1.41. The van der Waals surface area contributed by atoms with E-state index in [1.807, 2.05) is 24.3 Å². The maximum Gasteiger partial charge on any atom is 0.343 e. The molecule has 1 aliphatic heterocycles. The number of hydrogen-bond acceptors (Lipinski definition) is 5. The average Bonchev–Trinajstić information content (AvgIpc) is 2.92. The van der Waals surface area contributed by atoms with E-state index in [-0.39, 0.29) is 6.29 Å². The Hall–Kier alpha value is -2.37. The third-order valence-corrected chi connectivity index (χ3v) is 6.87. The molecule has 0 saturated carbocycles. The van der Waals surface area contributed by atoms with Crippen molar-refractivity contribution in [2.24, 2.45) is 11.8 Å². The van der Waals surface area contributed by atoms with Crippen molar-refractivity contribution in [3.8, 4) is 11.5 Å². The lowest BCUT2D eigenvalue weighted by atomic mass is 10.0. The van der Waals surface area contributed by atoms with Crippen LogP contribution in [0.5, 0.6) is 11.5 Å². The lowest BCUT2D eigenvalue weighted by Gasteiger charge is -2.29. The summed E-state index contributed by atoms with van der Waals surface area (Å²) in [6.45, 7) is 8.68. The molecule has 1 aliphatic rings. The fourth-order valence-electron chi connectivity index (χ4n) is 4.19. The van der Waals surface area contributed by atoms with Gasteiger partial charge in [0, 0.05) is 11.5 Å². The zero-order valence-electron chi connectivity index (χ0n) is 22.4. The van der Waals surface area contributed by atoms with Gasteiger partial charge in [0.05, 0.1) is 25.4 Å². The van der Waals surface area contributed by atoms with Crippen molar-refractivity contribution in [1.29, 1.82) is 0 Å². The van der Waals surface area contributed by atoms with Crippen molar-refractivity contribution in [2.45, 2.75) is 84.8 Å². The summed E-state index contributed by atoms with van der Waals surface area (Å²) in [4.78, 5) is 12.6. The monoisotopic (exact) mass is 496 g/mol. The summed E-state index contributed by atoms with van der Waals surface area (Å²) < 4.78 is 23.2. The molecule has 2 aromatic carbocycles. The van der Waals surface area contributed by atoms with Crippen molar-refractivity contribution < 1.29 is 23.7 Å². The Morgan fingerprint density at radius 2 is 1.47 bits per heavy atom. The van der Waals surface area contributed by atoms with Crippen LogP contribution < -0.4 is 9.47 Å². The van der Waals surface area contributed by atoms with Crippen LogP contribution in [-0.4, -0.2) is 25.8 Å². The number of carbonyl (C=O) groups excluding carboxylic acids is 1. The normalized spacial score (nSPS) is 18.5. The van der Waals surface area contributed by atoms with Crippen LogP contribution >= 0.6 is 0 Å². The van der Waals surface area contributed by atoms with Gasteiger partial charge in [0.2, 0.25) is 0 Å². The van der Waals surface area contributed by atoms with Crippen LogP contribution in [0.25, 0.3) is 0 Å². The second-order valence-electron chi connectivity index (χ2n) is 10.1. The summed E-state index contributed by atoms with van der Waals surface area (Å²) in [5, 5.41) is 0. The molecule has 0 bridgehead atoms. The van der Waals surface area contributed by atoms with Gasteiger partial charge < -0.3 is 18.9 Å². The topological polar surface area (TPSA) is 54.0 Å². The molecule has 1 atom stereocenters. The molecule has 0 radical (unpaired) electrons. The molecule has 0 amide bonds. The van der Waals surface area contributed by atoms with Crippen molar-refractivity contribution in [2.75, 3.05) is 19.8 Å². The van der Waals surface area contributed by atoms with Crippen LogP contribution in [0.15, 0.2) is 48.5 Å². The first kappa shape index (κ1) is 28.2. The zero-order chi connectivity index (χ0) is 25.6. The van der Waals surface area contributed by atoms with Crippen LogP contribution in [0.2, 0.25) is 0 Å². The Morgan fingerprint density at radius 3 is 2.11 bits per heavy atom. The molecule has 2 aromatic rings. The largest absolute Gasteiger partial charge is 0.493 e. The van der Waals surface area contributed by atoms with Crippen LogP contribution in [0, 0.1) is 11.8 Å². The molecule has 198 valence electrons. The highest BCUT2D eigenvalue weighted by atomic mass is 16.7. The molecule has 0 aromatic heterocycles. The smallest absolute Gasteiger partial charge is 0.343 e. The third-order valence-electron chi connectivity index (χ3n) is 6.87. The van der Waals surface area contributed by atoms with E-state index in [0.29, 0.717) is 29.8 Å². The minimum absolute atomic E-state index is 0.372. The molecule has 3 rings (SSSR count). The van der Waals surface area contributed by atoms with Crippen molar-refractivity contribution >= 4 is 5.97 Å². The number of hydrogen-bond donors (Lipinski definition) is 0.